The Morgan fingerprint density at radius 2 is 1.61 bits per heavy atom. The predicted molar refractivity (Wildman–Crippen MR) is 119 cm³/mol. The smallest absolute Gasteiger partial charge is 0.244 e. The maximum atomic E-state index is 13.2. The fraction of sp³-hybridized carbons (Fsp3) is 0.632. The number of sulfone groups is 1. The number of nitrogens with one attached hydrogen (secondary N) is 1. The molecule has 2 fully saturated rings. The van der Waals surface area contributed by atoms with Crippen molar-refractivity contribution in [1.29, 1.82) is 0 Å². The summed E-state index contributed by atoms with van der Waals surface area (Å²) in [6.07, 6.45) is 1.94. The number of carbonyl (C=O) groups is 1. The standard InChI is InChI=1S/C19H29N3O3S.2ClH/c1-15-5-4-6-17(16(15)2)21-11-13-22(14-12-21)18(23)19(26(3,24)25)7-9-20-10-8-19;;/h4-6,20H,7-14H2,1-3H3;2*1H. The van der Waals surface area contributed by atoms with Gasteiger partial charge in [0.2, 0.25) is 5.91 Å². The van der Waals surface area contributed by atoms with Crippen molar-refractivity contribution in [3.8, 4) is 0 Å². The van der Waals surface area contributed by atoms with E-state index in [4.69, 9.17) is 0 Å². The number of amides is 1. The number of hydrogen-bond donors (Lipinski definition) is 1. The van der Waals surface area contributed by atoms with Crippen LogP contribution in [-0.4, -0.2) is 69.5 Å². The zero-order valence-electron chi connectivity index (χ0n) is 16.7. The maximum Gasteiger partial charge on any atom is 0.244 e. The molecule has 0 atom stereocenters. The SMILES string of the molecule is Cc1cccc(N2CCN(C(=O)C3(S(C)(=O)=O)CCNCC3)CC2)c1C.Cl.Cl. The lowest BCUT2D eigenvalue weighted by molar-refractivity contribution is -0.135. The molecule has 160 valence electrons. The van der Waals surface area contributed by atoms with Crippen LogP contribution in [0.3, 0.4) is 0 Å². The van der Waals surface area contributed by atoms with Gasteiger partial charge < -0.3 is 15.1 Å². The number of hydrogen-bond acceptors (Lipinski definition) is 5. The molecule has 3 rings (SSSR count). The molecule has 1 aromatic carbocycles. The first-order valence-corrected chi connectivity index (χ1v) is 11.2. The first-order valence-electron chi connectivity index (χ1n) is 9.27. The Morgan fingerprint density at radius 1 is 1.04 bits per heavy atom. The van der Waals surface area contributed by atoms with E-state index in [1.54, 1.807) is 4.90 Å². The van der Waals surface area contributed by atoms with Gasteiger partial charge in [-0.05, 0) is 57.0 Å². The van der Waals surface area contributed by atoms with Gasteiger partial charge in [-0.2, -0.15) is 0 Å². The number of halogens is 2. The summed E-state index contributed by atoms with van der Waals surface area (Å²) in [6, 6.07) is 6.28. The molecule has 2 aliphatic rings. The molecule has 28 heavy (non-hydrogen) atoms. The molecule has 0 spiro atoms. The number of rotatable bonds is 3. The summed E-state index contributed by atoms with van der Waals surface area (Å²) < 4.78 is 23.7. The zero-order valence-corrected chi connectivity index (χ0v) is 19.2. The third-order valence-electron chi connectivity index (χ3n) is 5.99. The third kappa shape index (κ3) is 4.58. The van der Waals surface area contributed by atoms with E-state index in [-0.39, 0.29) is 30.7 Å². The monoisotopic (exact) mass is 451 g/mol. The van der Waals surface area contributed by atoms with Crippen LogP contribution in [0.5, 0.6) is 0 Å². The van der Waals surface area contributed by atoms with E-state index in [2.05, 4.69) is 42.3 Å². The fourth-order valence-electron chi connectivity index (χ4n) is 4.09. The summed E-state index contributed by atoms with van der Waals surface area (Å²) in [4.78, 5) is 17.2. The van der Waals surface area contributed by atoms with Gasteiger partial charge in [-0.15, -0.1) is 24.8 Å². The highest BCUT2D eigenvalue weighted by atomic mass is 35.5. The van der Waals surface area contributed by atoms with Gasteiger partial charge in [0, 0.05) is 38.1 Å². The van der Waals surface area contributed by atoms with Gasteiger partial charge in [0.15, 0.2) is 14.6 Å². The molecule has 0 aromatic heterocycles. The molecule has 0 radical (unpaired) electrons. The Labute approximate surface area is 180 Å². The van der Waals surface area contributed by atoms with E-state index in [0.29, 0.717) is 39.0 Å². The molecule has 9 heteroatoms. The molecule has 2 saturated heterocycles. The average molecular weight is 452 g/mol. The van der Waals surface area contributed by atoms with E-state index in [1.165, 1.54) is 23.1 Å². The fourth-order valence-corrected chi connectivity index (χ4v) is 5.48. The van der Waals surface area contributed by atoms with Crippen molar-refractivity contribution >= 4 is 46.2 Å². The highest BCUT2D eigenvalue weighted by Crippen LogP contribution is 2.31. The minimum atomic E-state index is -3.46. The normalized spacial score (nSPS) is 19.4. The van der Waals surface area contributed by atoms with Crippen LogP contribution in [0.25, 0.3) is 0 Å². The average Bonchev–Trinajstić information content (AvgIpc) is 2.63. The molecule has 0 unspecified atom stereocenters. The van der Waals surface area contributed by atoms with Crippen molar-refractivity contribution in [3.05, 3.63) is 29.3 Å². The van der Waals surface area contributed by atoms with Crippen LogP contribution in [0.1, 0.15) is 24.0 Å². The number of carbonyl (C=O) groups excluding carboxylic acids is 1. The second-order valence-electron chi connectivity index (χ2n) is 7.51. The van der Waals surface area contributed by atoms with Crippen LogP contribution in [0.2, 0.25) is 0 Å². The van der Waals surface area contributed by atoms with Crippen LogP contribution in [0, 0.1) is 13.8 Å². The second kappa shape index (κ2) is 9.65. The van der Waals surface area contributed by atoms with E-state index < -0.39 is 14.6 Å². The van der Waals surface area contributed by atoms with Gasteiger partial charge in [0.1, 0.15) is 0 Å². The van der Waals surface area contributed by atoms with Gasteiger partial charge in [0.25, 0.3) is 0 Å². The Balaban J connectivity index is 0.00000196. The Morgan fingerprint density at radius 3 is 2.14 bits per heavy atom. The van der Waals surface area contributed by atoms with Crippen molar-refractivity contribution in [2.24, 2.45) is 0 Å². The molecule has 1 aromatic rings. The summed E-state index contributed by atoms with van der Waals surface area (Å²) in [5.74, 6) is -0.206. The number of benzene rings is 1. The molecular weight excluding hydrogens is 421 g/mol. The summed E-state index contributed by atoms with van der Waals surface area (Å²) >= 11 is 0. The number of anilines is 1. The quantitative estimate of drug-likeness (QED) is 0.760. The first-order chi connectivity index (χ1) is 12.3. The van der Waals surface area contributed by atoms with Crippen LogP contribution < -0.4 is 10.2 Å². The van der Waals surface area contributed by atoms with Gasteiger partial charge in [-0.25, -0.2) is 8.42 Å². The summed E-state index contributed by atoms with van der Waals surface area (Å²) in [5.41, 5.74) is 3.72. The minimum Gasteiger partial charge on any atom is -0.368 e. The number of nitrogens with zero attached hydrogens (tertiary/aromatic N) is 2. The van der Waals surface area contributed by atoms with Gasteiger partial charge in [-0.3, -0.25) is 4.79 Å². The zero-order chi connectivity index (χ0) is 18.9. The highest BCUT2D eigenvalue weighted by molar-refractivity contribution is 7.92. The molecule has 0 aliphatic carbocycles. The Hall–Kier alpha value is -1.02. The van der Waals surface area contributed by atoms with Crippen molar-refractivity contribution < 1.29 is 13.2 Å². The lowest BCUT2D eigenvalue weighted by Gasteiger charge is -2.42. The number of aryl methyl sites for hydroxylation is 1. The lowest BCUT2D eigenvalue weighted by Crippen LogP contribution is -2.61. The summed E-state index contributed by atoms with van der Waals surface area (Å²) in [5, 5.41) is 3.17. The van der Waals surface area contributed by atoms with Crippen LogP contribution in [-0.2, 0) is 14.6 Å². The molecular formula is C19H31Cl2N3O3S. The number of piperidine rings is 1. The second-order valence-corrected chi connectivity index (χ2v) is 9.84. The first kappa shape index (κ1) is 25.0. The topological polar surface area (TPSA) is 69.7 Å². The molecule has 1 N–H and O–H groups in total. The van der Waals surface area contributed by atoms with Crippen molar-refractivity contribution in [3.63, 3.8) is 0 Å². The molecule has 6 nitrogen and oxygen atoms in total. The number of piperazine rings is 1. The molecule has 0 saturated carbocycles. The summed E-state index contributed by atoms with van der Waals surface area (Å²) in [6.45, 7) is 7.96. The van der Waals surface area contributed by atoms with E-state index >= 15 is 0 Å². The predicted octanol–water partition coefficient (Wildman–Crippen LogP) is 1.96. The van der Waals surface area contributed by atoms with Crippen molar-refractivity contribution in [2.75, 3.05) is 50.4 Å². The largest absolute Gasteiger partial charge is 0.368 e. The van der Waals surface area contributed by atoms with E-state index in [1.807, 2.05) is 0 Å². The van der Waals surface area contributed by atoms with Gasteiger partial charge in [0.05, 0.1) is 0 Å². The lowest BCUT2D eigenvalue weighted by atomic mass is 9.94. The van der Waals surface area contributed by atoms with Crippen molar-refractivity contribution in [2.45, 2.75) is 31.4 Å². The Bertz CT molecular complexity index is 788. The molecule has 0 bridgehead atoms. The van der Waals surface area contributed by atoms with Crippen LogP contribution in [0.15, 0.2) is 18.2 Å². The minimum absolute atomic E-state index is 0. The van der Waals surface area contributed by atoms with Crippen LogP contribution >= 0.6 is 24.8 Å². The van der Waals surface area contributed by atoms with E-state index in [0.717, 1.165) is 13.1 Å². The molecule has 1 amide bonds. The van der Waals surface area contributed by atoms with Crippen molar-refractivity contribution in [1.82, 2.24) is 10.2 Å². The maximum absolute atomic E-state index is 13.2. The highest BCUT2D eigenvalue weighted by Gasteiger charge is 2.50. The molecule has 2 aliphatic heterocycles. The third-order valence-corrected chi connectivity index (χ3v) is 8.00. The van der Waals surface area contributed by atoms with E-state index in [9.17, 15) is 13.2 Å². The van der Waals surface area contributed by atoms with Gasteiger partial charge in [-0.1, -0.05) is 12.1 Å². The summed E-state index contributed by atoms with van der Waals surface area (Å²) in [7, 11) is -3.46. The van der Waals surface area contributed by atoms with Crippen LogP contribution in [0.4, 0.5) is 5.69 Å². The molecule has 2 heterocycles. The van der Waals surface area contributed by atoms with Gasteiger partial charge >= 0.3 is 0 Å². The Kier molecular flexibility index (Phi) is 8.62.